The summed E-state index contributed by atoms with van der Waals surface area (Å²) < 4.78 is 0.837. The van der Waals surface area contributed by atoms with Crippen molar-refractivity contribution in [2.75, 3.05) is 20.1 Å². The first-order valence-electron chi connectivity index (χ1n) is 6.27. The number of pyridine rings is 1. The molecule has 7 heteroatoms. The van der Waals surface area contributed by atoms with Crippen molar-refractivity contribution in [3.8, 4) is 0 Å². The smallest absolute Gasteiger partial charge is 0.255 e. The summed E-state index contributed by atoms with van der Waals surface area (Å²) in [6.45, 7) is 2.04. The number of halogens is 3. The second-order valence-corrected chi connectivity index (χ2v) is 5.56. The molecule has 1 saturated heterocycles. The normalized spacial score (nSPS) is 18.2. The van der Waals surface area contributed by atoms with Gasteiger partial charge in [-0.25, -0.2) is 0 Å². The molecule has 1 aliphatic rings. The van der Waals surface area contributed by atoms with Crippen molar-refractivity contribution in [1.29, 1.82) is 0 Å². The molecular weight excluding hydrogens is 365 g/mol. The first-order chi connectivity index (χ1) is 8.68. The number of nitrogens with one attached hydrogen (secondary N) is 1. The molecule has 0 spiro atoms. The van der Waals surface area contributed by atoms with Crippen molar-refractivity contribution in [2.45, 2.75) is 25.3 Å². The molecule has 1 amide bonds. The highest BCUT2D eigenvalue weighted by Crippen LogP contribution is 2.16. The molecule has 1 unspecified atom stereocenters. The Morgan fingerprint density at radius 3 is 2.80 bits per heavy atom. The van der Waals surface area contributed by atoms with Crippen molar-refractivity contribution in [3.63, 3.8) is 0 Å². The summed E-state index contributed by atoms with van der Waals surface area (Å²) in [7, 11) is 1.89. The highest BCUT2D eigenvalue weighted by molar-refractivity contribution is 9.10. The molecule has 1 atom stereocenters. The van der Waals surface area contributed by atoms with Gasteiger partial charge in [-0.2, -0.15) is 0 Å². The van der Waals surface area contributed by atoms with Crippen LogP contribution in [0.2, 0.25) is 0 Å². The van der Waals surface area contributed by atoms with Gasteiger partial charge in [-0.05, 0) is 54.3 Å². The third-order valence-corrected chi connectivity index (χ3v) is 3.80. The molecule has 1 aliphatic heterocycles. The summed E-state index contributed by atoms with van der Waals surface area (Å²) >= 11 is 3.34. The van der Waals surface area contributed by atoms with E-state index in [2.05, 4.69) is 26.2 Å². The molecule has 4 nitrogen and oxygen atoms in total. The second kappa shape index (κ2) is 9.55. The van der Waals surface area contributed by atoms with Gasteiger partial charge >= 0.3 is 0 Å². The van der Waals surface area contributed by atoms with Crippen LogP contribution in [-0.2, 0) is 0 Å². The predicted octanol–water partition coefficient (Wildman–Crippen LogP) is 2.90. The topological polar surface area (TPSA) is 45.2 Å². The monoisotopic (exact) mass is 383 g/mol. The zero-order valence-corrected chi connectivity index (χ0v) is 14.6. The minimum atomic E-state index is 0. The number of amides is 1. The lowest BCUT2D eigenvalue weighted by Gasteiger charge is -2.27. The van der Waals surface area contributed by atoms with Crippen LogP contribution in [0.3, 0.4) is 0 Å². The van der Waals surface area contributed by atoms with Crippen molar-refractivity contribution in [3.05, 3.63) is 28.5 Å². The molecule has 2 heterocycles. The first kappa shape index (κ1) is 19.6. The average Bonchev–Trinajstić information content (AvgIpc) is 2.66. The molecule has 1 aromatic heterocycles. The second-order valence-electron chi connectivity index (χ2n) is 4.64. The predicted molar refractivity (Wildman–Crippen MR) is 89.0 cm³/mol. The van der Waals surface area contributed by atoms with E-state index in [1.165, 1.54) is 0 Å². The van der Waals surface area contributed by atoms with E-state index in [9.17, 15) is 4.79 Å². The number of nitrogens with zero attached hydrogens (tertiary/aromatic N) is 2. The summed E-state index contributed by atoms with van der Waals surface area (Å²) in [5, 5.41) is 3.36. The van der Waals surface area contributed by atoms with Gasteiger partial charge in [-0.15, -0.1) is 24.8 Å². The van der Waals surface area contributed by atoms with Crippen molar-refractivity contribution in [1.82, 2.24) is 15.2 Å². The van der Waals surface area contributed by atoms with E-state index in [1.807, 2.05) is 18.0 Å². The van der Waals surface area contributed by atoms with Gasteiger partial charge in [-0.3, -0.25) is 9.78 Å². The minimum Gasteiger partial charge on any atom is -0.339 e. The summed E-state index contributed by atoms with van der Waals surface area (Å²) in [5.41, 5.74) is 0.643. The molecule has 1 aromatic rings. The Kier molecular flexibility index (Phi) is 9.38. The lowest BCUT2D eigenvalue weighted by Crippen LogP contribution is -2.37. The van der Waals surface area contributed by atoms with E-state index >= 15 is 0 Å². The number of hydrogen-bond acceptors (Lipinski definition) is 3. The van der Waals surface area contributed by atoms with Gasteiger partial charge < -0.3 is 10.2 Å². The Labute approximate surface area is 140 Å². The maximum atomic E-state index is 12.4. The fourth-order valence-electron chi connectivity index (χ4n) is 2.29. The lowest BCUT2D eigenvalue weighted by molar-refractivity contribution is 0.0720. The fourth-order valence-corrected chi connectivity index (χ4v) is 2.65. The van der Waals surface area contributed by atoms with Gasteiger partial charge in [0.2, 0.25) is 0 Å². The van der Waals surface area contributed by atoms with Crippen molar-refractivity contribution < 1.29 is 4.79 Å². The molecule has 1 N–H and O–H groups in total. The lowest BCUT2D eigenvalue weighted by atomic mass is 10.1. The number of rotatable bonds is 2. The largest absolute Gasteiger partial charge is 0.339 e. The van der Waals surface area contributed by atoms with Gasteiger partial charge in [0.25, 0.3) is 5.91 Å². The Balaban J connectivity index is 0.00000180. The maximum absolute atomic E-state index is 12.4. The standard InChI is InChI=1S/C13H18BrN3O.2ClH/c1-17(12-3-2-5-15-6-4-12)13(18)10-7-11(14)9-16-8-10;;/h7-9,12,15H,2-6H2,1H3;2*1H. The Hall–Kier alpha value is -0.360. The van der Waals surface area contributed by atoms with Crippen LogP contribution in [0.15, 0.2) is 22.9 Å². The Morgan fingerprint density at radius 1 is 1.35 bits per heavy atom. The SMILES string of the molecule is CN(C(=O)c1cncc(Br)c1)C1CCCNCC1.Cl.Cl. The maximum Gasteiger partial charge on any atom is 0.255 e. The highest BCUT2D eigenvalue weighted by Gasteiger charge is 2.22. The van der Waals surface area contributed by atoms with Crippen LogP contribution in [0.5, 0.6) is 0 Å². The summed E-state index contributed by atoms with van der Waals surface area (Å²) in [4.78, 5) is 18.3. The molecule has 0 aliphatic carbocycles. The molecule has 114 valence electrons. The molecule has 20 heavy (non-hydrogen) atoms. The van der Waals surface area contributed by atoms with E-state index < -0.39 is 0 Å². The van der Waals surface area contributed by atoms with E-state index in [1.54, 1.807) is 12.4 Å². The molecule has 0 radical (unpaired) electrons. The van der Waals surface area contributed by atoms with Crippen LogP contribution in [0, 0.1) is 0 Å². The summed E-state index contributed by atoms with van der Waals surface area (Å²) in [6.07, 6.45) is 6.52. The Morgan fingerprint density at radius 2 is 2.10 bits per heavy atom. The van der Waals surface area contributed by atoms with Crippen LogP contribution in [-0.4, -0.2) is 42.0 Å². The van der Waals surface area contributed by atoms with Crippen molar-refractivity contribution in [2.24, 2.45) is 0 Å². The molecule has 0 aromatic carbocycles. The Bertz CT molecular complexity index is 426. The van der Waals surface area contributed by atoms with Gasteiger partial charge in [0.05, 0.1) is 5.56 Å². The highest BCUT2D eigenvalue weighted by atomic mass is 79.9. The number of carbonyl (C=O) groups is 1. The first-order valence-corrected chi connectivity index (χ1v) is 7.06. The number of hydrogen-bond donors (Lipinski definition) is 1. The van der Waals surface area contributed by atoms with Crippen LogP contribution >= 0.6 is 40.7 Å². The minimum absolute atomic E-state index is 0. The zero-order chi connectivity index (χ0) is 13.0. The fraction of sp³-hybridized carbons (Fsp3) is 0.538. The van der Waals surface area contributed by atoms with Gasteiger partial charge in [0.15, 0.2) is 0 Å². The third-order valence-electron chi connectivity index (χ3n) is 3.37. The molecule has 1 fully saturated rings. The van der Waals surface area contributed by atoms with Crippen LogP contribution < -0.4 is 5.32 Å². The van der Waals surface area contributed by atoms with Gasteiger partial charge in [0, 0.05) is 30.0 Å². The third kappa shape index (κ3) is 5.20. The van der Waals surface area contributed by atoms with Crippen molar-refractivity contribution >= 4 is 46.7 Å². The van der Waals surface area contributed by atoms with E-state index in [0.29, 0.717) is 11.6 Å². The number of carbonyl (C=O) groups excluding carboxylic acids is 1. The van der Waals surface area contributed by atoms with Gasteiger partial charge in [0.1, 0.15) is 0 Å². The molecule has 0 saturated carbocycles. The van der Waals surface area contributed by atoms with E-state index in [0.717, 1.165) is 36.8 Å². The van der Waals surface area contributed by atoms with E-state index in [-0.39, 0.29) is 30.7 Å². The quantitative estimate of drug-likeness (QED) is 0.852. The van der Waals surface area contributed by atoms with E-state index in [4.69, 9.17) is 0 Å². The van der Waals surface area contributed by atoms with Crippen LogP contribution in [0.1, 0.15) is 29.6 Å². The summed E-state index contributed by atoms with van der Waals surface area (Å²) in [5.74, 6) is 0.0516. The van der Waals surface area contributed by atoms with Gasteiger partial charge in [-0.1, -0.05) is 0 Å². The zero-order valence-electron chi connectivity index (χ0n) is 11.3. The van der Waals surface area contributed by atoms with Crippen LogP contribution in [0.25, 0.3) is 0 Å². The number of aromatic nitrogens is 1. The van der Waals surface area contributed by atoms with Crippen LogP contribution in [0.4, 0.5) is 0 Å². The molecule has 2 rings (SSSR count). The molecular formula is C13H20BrCl2N3O. The average molecular weight is 385 g/mol. The summed E-state index contributed by atoms with van der Waals surface area (Å²) in [6, 6.07) is 2.15. The molecule has 0 bridgehead atoms.